The van der Waals surface area contributed by atoms with Crippen molar-refractivity contribution >= 4 is 5.78 Å². The van der Waals surface area contributed by atoms with Crippen molar-refractivity contribution in [3.05, 3.63) is 34.9 Å². The quantitative estimate of drug-likeness (QED) is 0.814. The highest BCUT2D eigenvalue weighted by atomic mass is 16.1. The molecular weight excluding hydrogens is 222 g/mol. The molecule has 0 aromatic heterocycles. The van der Waals surface area contributed by atoms with E-state index in [0.29, 0.717) is 11.8 Å². The van der Waals surface area contributed by atoms with Crippen LogP contribution in [0, 0.1) is 13.8 Å². The zero-order chi connectivity index (χ0) is 13.1. The van der Waals surface area contributed by atoms with Gasteiger partial charge in [0.25, 0.3) is 0 Å². The Morgan fingerprint density at radius 2 is 1.89 bits per heavy atom. The summed E-state index contributed by atoms with van der Waals surface area (Å²) in [7, 11) is 2.18. The Labute approximate surface area is 110 Å². The first-order valence-corrected chi connectivity index (χ1v) is 6.84. The lowest BCUT2D eigenvalue weighted by atomic mass is 9.93. The van der Waals surface area contributed by atoms with E-state index in [1.807, 2.05) is 0 Å². The first kappa shape index (κ1) is 13.3. The smallest absolute Gasteiger partial charge is 0.133 e. The van der Waals surface area contributed by atoms with E-state index < -0.39 is 0 Å². The largest absolute Gasteiger partial charge is 0.300 e. The molecule has 1 aromatic rings. The van der Waals surface area contributed by atoms with Crippen molar-refractivity contribution in [2.45, 2.75) is 52.1 Å². The van der Waals surface area contributed by atoms with Crippen molar-refractivity contribution in [1.29, 1.82) is 0 Å². The topological polar surface area (TPSA) is 20.3 Å². The van der Waals surface area contributed by atoms with Gasteiger partial charge in [-0.25, -0.2) is 0 Å². The van der Waals surface area contributed by atoms with Crippen LogP contribution < -0.4 is 0 Å². The molecule has 0 bridgehead atoms. The van der Waals surface area contributed by atoms with Gasteiger partial charge in [-0.3, -0.25) is 9.69 Å². The third kappa shape index (κ3) is 3.20. The number of ketones is 1. The Balaban J connectivity index is 1.98. The molecule has 2 nitrogen and oxygen atoms in total. The first-order chi connectivity index (χ1) is 8.56. The Morgan fingerprint density at radius 3 is 2.50 bits per heavy atom. The average Bonchev–Trinajstić information content (AvgIpc) is 2.33. The molecular formula is C16H23NO. The molecule has 0 amide bonds. The highest BCUT2D eigenvalue weighted by Crippen LogP contribution is 2.22. The van der Waals surface area contributed by atoms with Gasteiger partial charge in [0, 0.05) is 25.4 Å². The number of carbonyl (C=O) groups excluding carboxylic acids is 1. The summed E-state index contributed by atoms with van der Waals surface area (Å²) in [5.41, 5.74) is 4.09. The summed E-state index contributed by atoms with van der Waals surface area (Å²) in [5.74, 6) is 0.436. The number of hydrogen-bond donors (Lipinski definition) is 0. The van der Waals surface area contributed by atoms with Gasteiger partial charge in [0.1, 0.15) is 5.78 Å². The van der Waals surface area contributed by atoms with Crippen molar-refractivity contribution in [2.75, 3.05) is 7.05 Å². The number of hydrogen-bond acceptors (Lipinski definition) is 2. The number of aryl methyl sites for hydroxylation is 2. The van der Waals surface area contributed by atoms with Crippen LogP contribution in [0.5, 0.6) is 0 Å². The molecule has 0 aliphatic heterocycles. The highest BCUT2D eigenvalue weighted by Gasteiger charge is 2.22. The van der Waals surface area contributed by atoms with Gasteiger partial charge in [-0.2, -0.15) is 0 Å². The van der Waals surface area contributed by atoms with Crippen molar-refractivity contribution < 1.29 is 4.79 Å². The van der Waals surface area contributed by atoms with E-state index in [0.717, 1.165) is 32.2 Å². The van der Waals surface area contributed by atoms with Crippen molar-refractivity contribution in [3.63, 3.8) is 0 Å². The predicted molar refractivity (Wildman–Crippen MR) is 74.6 cm³/mol. The van der Waals surface area contributed by atoms with Gasteiger partial charge in [-0.05, 0) is 44.9 Å². The lowest BCUT2D eigenvalue weighted by Crippen LogP contribution is -2.35. The van der Waals surface area contributed by atoms with E-state index in [9.17, 15) is 4.79 Å². The molecule has 0 spiro atoms. The maximum absolute atomic E-state index is 11.3. The highest BCUT2D eigenvalue weighted by molar-refractivity contribution is 5.79. The molecule has 2 heteroatoms. The van der Waals surface area contributed by atoms with Crippen LogP contribution in [0.15, 0.2) is 18.2 Å². The van der Waals surface area contributed by atoms with E-state index in [2.05, 4.69) is 44.0 Å². The van der Waals surface area contributed by atoms with E-state index in [4.69, 9.17) is 0 Å². The summed E-state index contributed by atoms with van der Waals surface area (Å²) in [4.78, 5) is 13.7. The number of rotatable bonds is 3. The Bertz CT molecular complexity index is 429. The fourth-order valence-electron chi connectivity index (χ4n) is 2.79. The Hall–Kier alpha value is -1.15. The lowest BCUT2D eigenvalue weighted by molar-refractivity contribution is -0.121. The van der Waals surface area contributed by atoms with Crippen LogP contribution >= 0.6 is 0 Å². The van der Waals surface area contributed by atoms with Crippen molar-refractivity contribution in [1.82, 2.24) is 4.90 Å². The second-order valence-corrected chi connectivity index (χ2v) is 5.61. The summed E-state index contributed by atoms with van der Waals surface area (Å²) in [6.45, 7) is 5.30. The van der Waals surface area contributed by atoms with Crippen molar-refractivity contribution in [2.24, 2.45) is 0 Å². The molecule has 0 unspecified atom stereocenters. The molecule has 0 atom stereocenters. The van der Waals surface area contributed by atoms with Crippen LogP contribution in [0.3, 0.4) is 0 Å². The van der Waals surface area contributed by atoms with Gasteiger partial charge in [0.15, 0.2) is 0 Å². The van der Waals surface area contributed by atoms with Crippen LogP contribution in [0.1, 0.15) is 42.4 Å². The molecule has 1 aliphatic carbocycles. The van der Waals surface area contributed by atoms with Gasteiger partial charge in [-0.15, -0.1) is 0 Å². The van der Waals surface area contributed by atoms with Crippen LogP contribution in [0.25, 0.3) is 0 Å². The fourth-order valence-corrected chi connectivity index (χ4v) is 2.79. The molecule has 1 aromatic carbocycles. The second-order valence-electron chi connectivity index (χ2n) is 5.61. The van der Waals surface area contributed by atoms with Gasteiger partial charge in [0.2, 0.25) is 0 Å². The maximum atomic E-state index is 11.3. The molecule has 1 aliphatic rings. The summed E-state index contributed by atoms with van der Waals surface area (Å²) in [5, 5.41) is 0. The minimum atomic E-state index is 0.436. The van der Waals surface area contributed by atoms with Gasteiger partial charge in [-0.1, -0.05) is 23.8 Å². The SMILES string of the molecule is Cc1ccc(CN(C)C2CCC(=O)CC2)c(C)c1. The summed E-state index contributed by atoms with van der Waals surface area (Å²) in [6, 6.07) is 7.23. The molecule has 1 fully saturated rings. The minimum Gasteiger partial charge on any atom is -0.300 e. The fraction of sp³-hybridized carbons (Fsp3) is 0.562. The van der Waals surface area contributed by atoms with Crippen LogP contribution in [-0.2, 0) is 11.3 Å². The Morgan fingerprint density at radius 1 is 1.22 bits per heavy atom. The predicted octanol–water partition coefficient (Wildman–Crippen LogP) is 3.25. The Kier molecular flexibility index (Phi) is 4.18. The number of carbonyl (C=O) groups is 1. The van der Waals surface area contributed by atoms with Crippen LogP contribution in [0.4, 0.5) is 0 Å². The summed E-state index contributed by atoms with van der Waals surface area (Å²) >= 11 is 0. The molecule has 0 N–H and O–H groups in total. The number of Topliss-reactive ketones (excluding diaryl/α,β-unsaturated/α-hetero) is 1. The molecule has 0 radical (unpaired) electrons. The molecule has 0 saturated heterocycles. The van der Waals surface area contributed by atoms with Gasteiger partial charge in [0.05, 0.1) is 0 Å². The van der Waals surface area contributed by atoms with E-state index in [1.165, 1.54) is 16.7 Å². The zero-order valence-corrected chi connectivity index (χ0v) is 11.7. The standard InChI is InChI=1S/C16H23NO/c1-12-4-5-14(13(2)10-12)11-17(3)15-6-8-16(18)9-7-15/h4-5,10,15H,6-9,11H2,1-3H3. The van der Waals surface area contributed by atoms with E-state index >= 15 is 0 Å². The molecule has 98 valence electrons. The summed E-state index contributed by atoms with van der Waals surface area (Å²) in [6.07, 6.45) is 3.59. The molecule has 1 saturated carbocycles. The van der Waals surface area contributed by atoms with E-state index in [1.54, 1.807) is 0 Å². The first-order valence-electron chi connectivity index (χ1n) is 6.84. The monoisotopic (exact) mass is 245 g/mol. The van der Waals surface area contributed by atoms with Crippen LogP contribution in [-0.4, -0.2) is 23.8 Å². The number of nitrogens with zero attached hydrogens (tertiary/aromatic N) is 1. The second kappa shape index (κ2) is 5.66. The minimum absolute atomic E-state index is 0.436. The third-order valence-electron chi connectivity index (χ3n) is 4.05. The summed E-state index contributed by atoms with van der Waals surface area (Å²) < 4.78 is 0. The van der Waals surface area contributed by atoms with Crippen LogP contribution in [0.2, 0.25) is 0 Å². The average molecular weight is 245 g/mol. The molecule has 18 heavy (non-hydrogen) atoms. The lowest BCUT2D eigenvalue weighted by Gasteiger charge is -2.31. The maximum Gasteiger partial charge on any atom is 0.133 e. The van der Waals surface area contributed by atoms with E-state index in [-0.39, 0.29) is 0 Å². The zero-order valence-electron chi connectivity index (χ0n) is 11.7. The van der Waals surface area contributed by atoms with Crippen molar-refractivity contribution in [3.8, 4) is 0 Å². The third-order valence-corrected chi connectivity index (χ3v) is 4.05. The molecule has 2 rings (SSSR count). The van der Waals surface area contributed by atoms with Gasteiger partial charge >= 0.3 is 0 Å². The molecule has 0 heterocycles. The van der Waals surface area contributed by atoms with Gasteiger partial charge < -0.3 is 0 Å². The normalized spacial score (nSPS) is 17.4. The number of benzene rings is 1.